The summed E-state index contributed by atoms with van der Waals surface area (Å²) in [6, 6.07) is 12.7. The lowest BCUT2D eigenvalue weighted by molar-refractivity contribution is -0.118. The summed E-state index contributed by atoms with van der Waals surface area (Å²) in [6.45, 7) is 9.86. The molecule has 4 nitrogen and oxygen atoms in total. The maximum atomic E-state index is 12.9. The smallest absolute Gasteiger partial charge is 0.251 e. The van der Waals surface area contributed by atoms with Crippen LogP contribution in [0, 0.1) is 19.8 Å². The Labute approximate surface area is 156 Å². The van der Waals surface area contributed by atoms with Crippen molar-refractivity contribution in [2.75, 3.05) is 5.32 Å². The number of benzene rings is 2. The molecule has 0 spiro atoms. The zero-order chi connectivity index (χ0) is 19.3. The first-order valence-electron chi connectivity index (χ1n) is 9.10. The van der Waals surface area contributed by atoms with Crippen LogP contribution >= 0.6 is 0 Å². The number of anilines is 1. The SMILES string of the molecule is CCc1cccc(C)c1NC(=O)[C@@H](NC(=O)c1ccc(C)cc1)C(C)C. The summed E-state index contributed by atoms with van der Waals surface area (Å²) in [5.41, 5.74) is 4.59. The molecule has 0 bridgehead atoms. The zero-order valence-electron chi connectivity index (χ0n) is 16.2. The average Bonchev–Trinajstić information content (AvgIpc) is 2.61. The van der Waals surface area contributed by atoms with Crippen molar-refractivity contribution in [1.29, 1.82) is 0 Å². The van der Waals surface area contributed by atoms with E-state index in [0.29, 0.717) is 5.56 Å². The molecular formula is C22H28N2O2. The maximum Gasteiger partial charge on any atom is 0.251 e. The first-order valence-corrected chi connectivity index (χ1v) is 9.10. The van der Waals surface area contributed by atoms with E-state index in [0.717, 1.165) is 28.8 Å². The Kier molecular flexibility index (Phi) is 6.56. The van der Waals surface area contributed by atoms with Crippen molar-refractivity contribution < 1.29 is 9.59 Å². The number of aryl methyl sites for hydroxylation is 3. The van der Waals surface area contributed by atoms with E-state index in [9.17, 15) is 9.59 Å². The van der Waals surface area contributed by atoms with Crippen molar-refractivity contribution in [3.63, 3.8) is 0 Å². The zero-order valence-corrected chi connectivity index (χ0v) is 16.2. The number of hydrogen-bond acceptors (Lipinski definition) is 2. The van der Waals surface area contributed by atoms with Gasteiger partial charge >= 0.3 is 0 Å². The van der Waals surface area contributed by atoms with Crippen molar-refractivity contribution in [1.82, 2.24) is 5.32 Å². The van der Waals surface area contributed by atoms with Crippen LogP contribution in [0.15, 0.2) is 42.5 Å². The molecule has 0 aromatic heterocycles. The van der Waals surface area contributed by atoms with E-state index in [1.165, 1.54) is 0 Å². The third-order valence-electron chi connectivity index (χ3n) is 4.54. The minimum absolute atomic E-state index is 0.0292. The molecule has 1 atom stereocenters. The van der Waals surface area contributed by atoms with Crippen LogP contribution in [0.5, 0.6) is 0 Å². The molecule has 0 aliphatic heterocycles. The van der Waals surface area contributed by atoms with Gasteiger partial charge in [-0.2, -0.15) is 0 Å². The van der Waals surface area contributed by atoms with Crippen molar-refractivity contribution >= 4 is 17.5 Å². The van der Waals surface area contributed by atoms with Gasteiger partial charge in [-0.1, -0.05) is 56.7 Å². The van der Waals surface area contributed by atoms with Gasteiger partial charge in [0.05, 0.1) is 0 Å². The van der Waals surface area contributed by atoms with Gasteiger partial charge in [0.25, 0.3) is 5.91 Å². The van der Waals surface area contributed by atoms with E-state index < -0.39 is 6.04 Å². The summed E-state index contributed by atoms with van der Waals surface area (Å²) in [5.74, 6) is -0.456. The van der Waals surface area contributed by atoms with Crippen LogP contribution in [0.3, 0.4) is 0 Å². The van der Waals surface area contributed by atoms with Crippen molar-refractivity contribution in [3.8, 4) is 0 Å². The van der Waals surface area contributed by atoms with Crippen LogP contribution in [-0.2, 0) is 11.2 Å². The Balaban J connectivity index is 2.18. The van der Waals surface area contributed by atoms with Gasteiger partial charge in [-0.05, 0) is 49.4 Å². The molecule has 0 saturated carbocycles. The van der Waals surface area contributed by atoms with Crippen LogP contribution < -0.4 is 10.6 Å². The molecule has 0 radical (unpaired) electrons. The highest BCUT2D eigenvalue weighted by atomic mass is 16.2. The highest BCUT2D eigenvalue weighted by Gasteiger charge is 2.25. The Bertz CT molecular complexity index is 779. The fourth-order valence-corrected chi connectivity index (χ4v) is 2.87. The summed E-state index contributed by atoms with van der Waals surface area (Å²) in [5, 5.41) is 5.90. The molecular weight excluding hydrogens is 324 g/mol. The molecule has 0 aliphatic rings. The predicted octanol–water partition coefficient (Wildman–Crippen LogP) is 4.26. The maximum absolute atomic E-state index is 12.9. The normalized spacial score (nSPS) is 11.9. The molecule has 2 aromatic carbocycles. The van der Waals surface area contributed by atoms with E-state index in [4.69, 9.17) is 0 Å². The second-order valence-corrected chi connectivity index (χ2v) is 7.01. The molecule has 2 amide bonds. The minimum Gasteiger partial charge on any atom is -0.340 e. The minimum atomic E-state index is -0.604. The molecule has 26 heavy (non-hydrogen) atoms. The molecule has 2 rings (SSSR count). The van der Waals surface area contributed by atoms with Crippen LogP contribution in [-0.4, -0.2) is 17.9 Å². The molecule has 2 aromatic rings. The van der Waals surface area contributed by atoms with Gasteiger partial charge in [-0.15, -0.1) is 0 Å². The van der Waals surface area contributed by atoms with Crippen molar-refractivity contribution in [2.24, 2.45) is 5.92 Å². The number of hydrogen-bond donors (Lipinski definition) is 2. The standard InChI is InChI=1S/C22H28N2O2/c1-6-17-9-7-8-16(5)20(17)24-22(26)19(14(2)3)23-21(25)18-12-10-15(4)11-13-18/h7-14,19H,6H2,1-5H3,(H,23,25)(H,24,26)/t19-/m0/s1. The molecule has 0 aliphatic carbocycles. The lowest BCUT2D eigenvalue weighted by Crippen LogP contribution is -2.47. The van der Waals surface area contributed by atoms with Crippen LogP contribution in [0.2, 0.25) is 0 Å². The number of amides is 2. The summed E-state index contributed by atoms with van der Waals surface area (Å²) in [4.78, 5) is 25.4. The second kappa shape index (κ2) is 8.65. The predicted molar refractivity (Wildman–Crippen MR) is 106 cm³/mol. The topological polar surface area (TPSA) is 58.2 Å². The van der Waals surface area contributed by atoms with Gasteiger partial charge in [-0.25, -0.2) is 0 Å². The Hall–Kier alpha value is -2.62. The van der Waals surface area contributed by atoms with Crippen molar-refractivity contribution in [2.45, 2.75) is 47.1 Å². The van der Waals surface area contributed by atoms with E-state index in [2.05, 4.69) is 17.6 Å². The van der Waals surface area contributed by atoms with Gasteiger partial charge in [0.2, 0.25) is 5.91 Å². The average molecular weight is 352 g/mol. The molecule has 0 unspecified atom stereocenters. The summed E-state index contributed by atoms with van der Waals surface area (Å²) < 4.78 is 0. The Morgan fingerprint density at radius 1 is 1.00 bits per heavy atom. The van der Waals surface area contributed by atoms with Gasteiger partial charge < -0.3 is 10.6 Å². The molecule has 2 N–H and O–H groups in total. The third kappa shape index (κ3) is 4.72. The molecule has 4 heteroatoms. The Morgan fingerprint density at radius 3 is 2.23 bits per heavy atom. The lowest BCUT2D eigenvalue weighted by atomic mass is 10.0. The van der Waals surface area contributed by atoms with E-state index in [1.807, 2.05) is 58.0 Å². The first-order chi connectivity index (χ1) is 12.3. The second-order valence-electron chi connectivity index (χ2n) is 7.01. The third-order valence-corrected chi connectivity index (χ3v) is 4.54. The fourth-order valence-electron chi connectivity index (χ4n) is 2.87. The number of para-hydroxylation sites is 1. The van der Waals surface area contributed by atoms with Crippen LogP contribution in [0.4, 0.5) is 5.69 Å². The number of carbonyl (C=O) groups excluding carboxylic acids is 2. The van der Waals surface area contributed by atoms with Gasteiger partial charge in [0, 0.05) is 11.3 Å². The molecule has 0 fully saturated rings. The summed E-state index contributed by atoms with van der Waals surface area (Å²) in [7, 11) is 0. The first kappa shape index (κ1) is 19.7. The molecule has 138 valence electrons. The molecule has 0 saturated heterocycles. The highest BCUT2D eigenvalue weighted by molar-refractivity contribution is 6.01. The summed E-state index contributed by atoms with van der Waals surface area (Å²) in [6.07, 6.45) is 0.833. The lowest BCUT2D eigenvalue weighted by Gasteiger charge is -2.23. The quantitative estimate of drug-likeness (QED) is 0.816. The number of rotatable bonds is 6. The van der Waals surface area contributed by atoms with Crippen molar-refractivity contribution in [3.05, 3.63) is 64.7 Å². The number of nitrogens with one attached hydrogen (secondary N) is 2. The fraction of sp³-hybridized carbons (Fsp3) is 0.364. The monoisotopic (exact) mass is 352 g/mol. The Morgan fingerprint density at radius 2 is 1.65 bits per heavy atom. The largest absolute Gasteiger partial charge is 0.340 e. The van der Waals surface area contributed by atoms with Crippen LogP contribution in [0.1, 0.15) is 47.8 Å². The van der Waals surface area contributed by atoms with E-state index >= 15 is 0 Å². The summed E-state index contributed by atoms with van der Waals surface area (Å²) >= 11 is 0. The van der Waals surface area contributed by atoms with E-state index in [-0.39, 0.29) is 17.7 Å². The molecule has 0 heterocycles. The highest BCUT2D eigenvalue weighted by Crippen LogP contribution is 2.22. The van der Waals surface area contributed by atoms with Gasteiger partial charge in [0.1, 0.15) is 6.04 Å². The number of carbonyl (C=O) groups is 2. The van der Waals surface area contributed by atoms with Gasteiger partial charge in [0.15, 0.2) is 0 Å². The van der Waals surface area contributed by atoms with Crippen LogP contribution in [0.25, 0.3) is 0 Å². The van der Waals surface area contributed by atoms with E-state index in [1.54, 1.807) is 12.1 Å². The van der Waals surface area contributed by atoms with Gasteiger partial charge in [-0.3, -0.25) is 9.59 Å².